The monoisotopic (exact) mass is 219 g/mol. The fraction of sp³-hybridized carbons (Fsp3) is 0.250. The van der Waals surface area contributed by atoms with Crippen LogP contribution in [0, 0.1) is 11.8 Å². The maximum atomic E-state index is 11.0. The van der Waals surface area contributed by atoms with Crippen LogP contribution in [0.4, 0.5) is 0 Å². The zero-order chi connectivity index (χ0) is 12.0. The van der Waals surface area contributed by atoms with Crippen molar-refractivity contribution in [1.29, 1.82) is 0 Å². The average molecular weight is 219 g/mol. The summed E-state index contributed by atoms with van der Waals surface area (Å²) in [5, 5.41) is 8.61. The molecule has 0 atom stereocenters. The zero-order valence-electron chi connectivity index (χ0n) is 8.99. The molecule has 0 aliphatic heterocycles. The Hall–Kier alpha value is -1.99. The molecule has 0 aromatic heterocycles. The van der Waals surface area contributed by atoms with Crippen LogP contribution in [0.15, 0.2) is 18.2 Å². The lowest BCUT2D eigenvalue weighted by atomic mass is 10.1. The largest absolute Gasteiger partial charge is 0.495 e. The predicted molar refractivity (Wildman–Crippen MR) is 60.1 cm³/mol. The summed E-state index contributed by atoms with van der Waals surface area (Å²) in [4.78, 5) is 11.0. The Morgan fingerprint density at radius 2 is 2.31 bits per heavy atom. The molecule has 0 bridgehead atoms. The first-order chi connectivity index (χ1) is 7.69. The minimum atomic E-state index is -0.507. The third-order valence-electron chi connectivity index (χ3n) is 1.94. The highest BCUT2D eigenvalue weighted by atomic mass is 16.5. The summed E-state index contributed by atoms with van der Waals surface area (Å²) in [6.45, 7) is 0.00479. The van der Waals surface area contributed by atoms with Gasteiger partial charge >= 0.3 is 0 Å². The van der Waals surface area contributed by atoms with Gasteiger partial charge in [-0.1, -0.05) is 11.8 Å². The van der Waals surface area contributed by atoms with Crippen LogP contribution in [-0.4, -0.2) is 24.7 Å². The quantitative estimate of drug-likeness (QED) is 0.728. The number of carbonyl (C=O) groups excluding carboxylic acids is 1. The Balaban J connectivity index is 3.08. The molecular formula is C12H13NO3. The van der Waals surface area contributed by atoms with Crippen LogP contribution in [0.25, 0.3) is 0 Å². The molecule has 0 saturated heterocycles. The number of ether oxygens (including phenoxy) is 1. The second-order valence-electron chi connectivity index (χ2n) is 3.05. The van der Waals surface area contributed by atoms with Crippen LogP contribution < -0.4 is 10.5 Å². The lowest BCUT2D eigenvalue weighted by Crippen LogP contribution is -2.11. The fourth-order valence-corrected chi connectivity index (χ4v) is 1.17. The Kier molecular flexibility index (Phi) is 4.37. The second kappa shape index (κ2) is 5.79. The van der Waals surface area contributed by atoms with Crippen LogP contribution in [0.1, 0.15) is 22.3 Å². The zero-order valence-corrected chi connectivity index (χ0v) is 8.99. The summed E-state index contributed by atoms with van der Waals surface area (Å²) in [6, 6.07) is 4.80. The van der Waals surface area contributed by atoms with Gasteiger partial charge in [0.05, 0.1) is 19.3 Å². The van der Waals surface area contributed by atoms with E-state index in [1.54, 1.807) is 18.2 Å². The van der Waals surface area contributed by atoms with E-state index in [4.69, 9.17) is 15.6 Å². The van der Waals surface area contributed by atoms with Crippen molar-refractivity contribution in [1.82, 2.24) is 0 Å². The second-order valence-corrected chi connectivity index (χ2v) is 3.05. The number of hydrogen-bond donors (Lipinski definition) is 2. The van der Waals surface area contributed by atoms with E-state index in [1.165, 1.54) is 7.11 Å². The molecule has 1 rings (SSSR count). The van der Waals surface area contributed by atoms with Gasteiger partial charge in [-0.15, -0.1) is 0 Å². The minimum Gasteiger partial charge on any atom is -0.495 e. The number of primary amides is 1. The van der Waals surface area contributed by atoms with Crippen LogP contribution in [0.3, 0.4) is 0 Å². The van der Waals surface area contributed by atoms with E-state index >= 15 is 0 Å². The summed E-state index contributed by atoms with van der Waals surface area (Å²) in [7, 11) is 1.52. The van der Waals surface area contributed by atoms with Crippen molar-refractivity contribution >= 4 is 5.91 Å². The third kappa shape index (κ3) is 3.01. The third-order valence-corrected chi connectivity index (χ3v) is 1.94. The fourth-order valence-electron chi connectivity index (χ4n) is 1.17. The van der Waals surface area contributed by atoms with Gasteiger partial charge in [0.25, 0.3) is 0 Å². The van der Waals surface area contributed by atoms with Gasteiger partial charge < -0.3 is 15.6 Å². The number of rotatable bonds is 3. The Morgan fingerprint density at radius 1 is 1.56 bits per heavy atom. The summed E-state index contributed by atoms with van der Waals surface area (Å²) in [6.07, 6.45) is 0.379. The van der Waals surface area contributed by atoms with Gasteiger partial charge in [-0.05, 0) is 18.2 Å². The number of methoxy groups -OCH3 is 1. The summed E-state index contributed by atoms with van der Waals surface area (Å²) in [5.74, 6) is 5.65. The van der Waals surface area contributed by atoms with Crippen molar-refractivity contribution in [2.24, 2.45) is 5.73 Å². The first-order valence-corrected chi connectivity index (χ1v) is 4.76. The number of nitrogens with two attached hydrogens (primary N) is 1. The van der Waals surface area contributed by atoms with E-state index < -0.39 is 5.91 Å². The highest BCUT2D eigenvalue weighted by Gasteiger charge is 2.05. The highest BCUT2D eigenvalue weighted by Crippen LogP contribution is 2.18. The molecule has 0 fully saturated rings. The van der Waals surface area contributed by atoms with Gasteiger partial charge in [-0.25, -0.2) is 0 Å². The maximum Gasteiger partial charge on any atom is 0.248 e. The van der Waals surface area contributed by atoms with Crippen molar-refractivity contribution in [2.75, 3.05) is 13.7 Å². The van der Waals surface area contributed by atoms with Crippen LogP contribution in [-0.2, 0) is 0 Å². The summed E-state index contributed by atoms with van der Waals surface area (Å²) < 4.78 is 5.09. The summed E-state index contributed by atoms with van der Waals surface area (Å²) in [5.41, 5.74) is 6.13. The van der Waals surface area contributed by atoms with Gasteiger partial charge in [-0.3, -0.25) is 4.79 Å². The number of aliphatic hydroxyl groups excluding tert-OH is 1. The molecule has 3 N–H and O–H groups in total. The highest BCUT2D eigenvalue weighted by molar-refractivity contribution is 5.93. The van der Waals surface area contributed by atoms with E-state index in [0.717, 1.165) is 0 Å². The molecule has 0 heterocycles. The van der Waals surface area contributed by atoms with Crippen molar-refractivity contribution in [3.63, 3.8) is 0 Å². The van der Waals surface area contributed by atoms with Crippen LogP contribution in [0.5, 0.6) is 5.75 Å². The molecular weight excluding hydrogens is 206 g/mol. The smallest absolute Gasteiger partial charge is 0.248 e. The normalized spacial score (nSPS) is 9.12. The number of carbonyl (C=O) groups is 1. The van der Waals surface area contributed by atoms with E-state index in [9.17, 15) is 4.79 Å². The molecule has 1 aromatic carbocycles. The Morgan fingerprint density at radius 3 is 2.88 bits per heavy atom. The minimum absolute atomic E-state index is 0.00479. The van der Waals surface area contributed by atoms with Crippen molar-refractivity contribution in [2.45, 2.75) is 6.42 Å². The average Bonchev–Trinajstić information content (AvgIpc) is 2.29. The summed E-state index contributed by atoms with van der Waals surface area (Å²) >= 11 is 0. The molecule has 0 radical (unpaired) electrons. The number of aliphatic hydroxyl groups is 1. The Labute approximate surface area is 94.0 Å². The van der Waals surface area contributed by atoms with E-state index in [1.807, 2.05) is 0 Å². The van der Waals surface area contributed by atoms with Crippen molar-refractivity contribution in [3.05, 3.63) is 29.3 Å². The number of amides is 1. The van der Waals surface area contributed by atoms with E-state index in [-0.39, 0.29) is 6.61 Å². The molecule has 0 aliphatic rings. The predicted octanol–water partition coefficient (Wildman–Crippen LogP) is 0.528. The number of hydrogen-bond acceptors (Lipinski definition) is 3. The first-order valence-electron chi connectivity index (χ1n) is 4.76. The van der Waals surface area contributed by atoms with Crippen LogP contribution in [0.2, 0.25) is 0 Å². The van der Waals surface area contributed by atoms with Gasteiger partial charge in [0.1, 0.15) is 5.75 Å². The molecule has 84 valence electrons. The van der Waals surface area contributed by atoms with Gasteiger partial charge in [0.2, 0.25) is 5.91 Å². The molecule has 0 spiro atoms. The molecule has 0 aliphatic carbocycles. The van der Waals surface area contributed by atoms with E-state index in [0.29, 0.717) is 23.3 Å². The molecule has 0 unspecified atom stereocenters. The number of benzene rings is 1. The molecule has 0 saturated carbocycles. The van der Waals surface area contributed by atoms with Gasteiger partial charge in [0, 0.05) is 12.0 Å². The molecule has 1 amide bonds. The first kappa shape index (κ1) is 12.1. The van der Waals surface area contributed by atoms with Crippen LogP contribution >= 0.6 is 0 Å². The molecule has 16 heavy (non-hydrogen) atoms. The lowest BCUT2D eigenvalue weighted by molar-refractivity contribution is 0.1000. The lowest BCUT2D eigenvalue weighted by Gasteiger charge is -2.04. The molecule has 1 aromatic rings. The topological polar surface area (TPSA) is 72.5 Å². The Bertz CT molecular complexity index is 443. The van der Waals surface area contributed by atoms with Gasteiger partial charge in [-0.2, -0.15) is 0 Å². The SMILES string of the molecule is COc1ccc(C(N)=O)cc1C#CCCO. The maximum absolute atomic E-state index is 11.0. The van der Waals surface area contributed by atoms with Crippen molar-refractivity contribution in [3.8, 4) is 17.6 Å². The molecule has 4 nitrogen and oxygen atoms in total. The standard InChI is InChI=1S/C12H13NO3/c1-16-11-6-5-10(12(13)15)8-9(11)4-2-3-7-14/h5-6,8,14H,3,7H2,1H3,(H2,13,15). The molecule has 4 heteroatoms. The van der Waals surface area contributed by atoms with Gasteiger partial charge in [0.15, 0.2) is 0 Å². The van der Waals surface area contributed by atoms with Crippen molar-refractivity contribution < 1.29 is 14.6 Å². The van der Waals surface area contributed by atoms with E-state index in [2.05, 4.69) is 11.8 Å².